The van der Waals surface area contributed by atoms with Gasteiger partial charge in [0.05, 0.1) is 5.69 Å². The van der Waals surface area contributed by atoms with E-state index in [1.165, 1.54) is 0 Å². The number of nitrogens with zero attached hydrogens (tertiary/aromatic N) is 4. The number of nitrogens with one attached hydrogen (secondary N) is 2. The molecule has 4 rings (SSSR count). The molecule has 0 aliphatic carbocycles. The molecule has 7 heteroatoms. The standard InChI is InChI=1S/C23H24N6O/c1-15-13-16(2)29(28-15)22-14-21(26-17(3)27-22)24-11-12-25-23(30)20-10-6-8-18-7-4-5-9-19(18)20/h4-10,13-14H,11-12H2,1-3H3,(H,25,30)(H,24,26,27). The molecule has 0 aliphatic heterocycles. The lowest BCUT2D eigenvalue weighted by Gasteiger charge is -2.11. The molecule has 2 aromatic heterocycles. The summed E-state index contributed by atoms with van der Waals surface area (Å²) in [7, 11) is 0. The topological polar surface area (TPSA) is 84.7 Å². The number of hydrogen-bond donors (Lipinski definition) is 2. The molecule has 0 aliphatic rings. The molecular formula is C23H24N6O. The molecule has 0 spiro atoms. The first-order valence-corrected chi connectivity index (χ1v) is 9.90. The van der Waals surface area contributed by atoms with Crippen LogP contribution in [0.3, 0.4) is 0 Å². The molecule has 0 fully saturated rings. The van der Waals surface area contributed by atoms with Gasteiger partial charge in [-0.2, -0.15) is 5.10 Å². The summed E-state index contributed by atoms with van der Waals surface area (Å²) >= 11 is 0. The van der Waals surface area contributed by atoms with E-state index in [9.17, 15) is 4.79 Å². The predicted octanol–water partition coefficient (Wildman–Crippen LogP) is 3.58. The number of carbonyl (C=O) groups is 1. The molecule has 0 saturated carbocycles. The molecule has 152 valence electrons. The van der Waals surface area contributed by atoms with Crippen LogP contribution in [0.5, 0.6) is 0 Å². The molecule has 0 unspecified atom stereocenters. The van der Waals surface area contributed by atoms with Gasteiger partial charge in [-0.1, -0.05) is 36.4 Å². The molecule has 2 aromatic carbocycles. The Morgan fingerprint density at radius 2 is 1.77 bits per heavy atom. The van der Waals surface area contributed by atoms with Gasteiger partial charge in [0, 0.05) is 30.4 Å². The van der Waals surface area contributed by atoms with Crippen molar-refractivity contribution in [3.05, 3.63) is 77.4 Å². The SMILES string of the molecule is Cc1cc(C)n(-c2cc(NCCNC(=O)c3cccc4ccccc34)nc(C)n2)n1. The zero-order chi connectivity index (χ0) is 21.1. The van der Waals surface area contributed by atoms with E-state index in [1.54, 1.807) is 4.68 Å². The first kappa shape index (κ1) is 19.6. The lowest BCUT2D eigenvalue weighted by molar-refractivity contribution is 0.0957. The van der Waals surface area contributed by atoms with E-state index >= 15 is 0 Å². The largest absolute Gasteiger partial charge is 0.368 e. The van der Waals surface area contributed by atoms with Gasteiger partial charge in [-0.15, -0.1) is 0 Å². The molecular weight excluding hydrogens is 376 g/mol. The third-order valence-electron chi connectivity index (χ3n) is 4.80. The number of carbonyl (C=O) groups excluding carboxylic acids is 1. The van der Waals surface area contributed by atoms with Crippen molar-refractivity contribution in [2.75, 3.05) is 18.4 Å². The van der Waals surface area contributed by atoms with Crippen LogP contribution in [0.25, 0.3) is 16.6 Å². The first-order valence-electron chi connectivity index (χ1n) is 9.90. The van der Waals surface area contributed by atoms with E-state index in [0.29, 0.717) is 30.3 Å². The number of rotatable bonds is 6. The van der Waals surface area contributed by atoms with Crippen LogP contribution in [0.15, 0.2) is 54.6 Å². The van der Waals surface area contributed by atoms with Gasteiger partial charge < -0.3 is 10.6 Å². The summed E-state index contributed by atoms with van der Waals surface area (Å²) in [6, 6.07) is 17.5. The maximum Gasteiger partial charge on any atom is 0.251 e. The van der Waals surface area contributed by atoms with Gasteiger partial charge in [0.15, 0.2) is 5.82 Å². The highest BCUT2D eigenvalue weighted by Gasteiger charge is 2.10. The van der Waals surface area contributed by atoms with Gasteiger partial charge in [-0.3, -0.25) is 4.79 Å². The smallest absolute Gasteiger partial charge is 0.251 e. The van der Waals surface area contributed by atoms with Gasteiger partial charge in [-0.05, 0) is 43.7 Å². The number of benzene rings is 2. The number of fused-ring (bicyclic) bond motifs is 1. The van der Waals surface area contributed by atoms with E-state index in [4.69, 9.17) is 0 Å². The average molecular weight is 400 g/mol. The lowest BCUT2D eigenvalue weighted by atomic mass is 10.0. The third kappa shape index (κ3) is 4.15. The number of aryl methyl sites for hydroxylation is 3. The molecule has 4 aromatic rings. The Kier molecular flexibility index (Phi) is 5.43. The van der Waals surface area contributed by atoms with Crippen molar-refractivity contribution in [3.8, 4) is 5.82 Å². The lowest BCUT2D eigenvalue weighted by Crippen LogP contribution is -2.29. The van der Waals surface area contributed by atoms with Crippen molar-refractivity contribution in [2.24, 2.45) is 0 Å². The summed E-state index contributed by atoms with van der Waals surface area (Å²) in [6.45, 7) is 6.81. The molecule has 0 bridgehead atoms. The molecule has 1 amide bonds. The van der Waals surface area contributed by atoms with Crippen LogP contribution in [-0.2, 0) is 0 Å². The van der Waals surface area contributed by atoms with Crippen LogP contribution >= 0.6 is 0 Å². The summed E-state index contributed by atoms with van der Waals surface area (Å²) in [5, 5.41) is 12.7. The Morgan fingerprint density at radius 3 is 2.57 bits per heavy atom. The fourth-order valence-corrected chi connectivity index (χ4v) is 3.50. The summed E-state index contributed by atoms with van der Waals surface area (Å²) in [6.07, 6.45) is 0. The fraction of sp³-hybridized carbons (Fsp3) is 0.217. The van der Waals surface area contributed by atoms with Crippen LogP contribution < -0.4 is 10.6 Å². The summed E-state index contributed by atoms with van der Waals surface area (Å²) < 4.78 is 1.80. The summed E-state index contributed by atoms with van der Waals surface area (Å²) in [4.78, 5) is 21.5. The van der Waals surface area contributed by atoms with Crippen molar-refractivity contribution < 1.29 is 4.79 Å². The van der Waals surface area contributed by atoms with Crippen molar-refractivity contribution in [1.29, 1.82) is 0 Å². The second-order valence-corrected chi connectivity index (χ2v) is 7.21. The van der Waals surface area contributed by atoms with Gasteiger partial charge in [-0.25, -0.2) is 14.6 Å². The Morgan fingerprint density at radius 1 is 0.967 bits per heavy atom. The first-order chi connectivity index (χ1) is 14.5. The molecule has 0 saturated heterocycles. The molecule has 2 heterocycles. The van der Waals surface area contributed by atoms with Gasteiger partial charge >= 0.3 is 0 Å². The number of aromatic nitrogens is 4. The maximum atomic E-state index is 12.6. The van der Waals surface area contributed by atoms with Crippen LogP contribution in [0, 0.1) is 20.8 Å². The van der Waals surface area contributed by atoms with Crippen molar-refractivity contribution in [3.63, 3.8) is 0 Å². The highest BCUT2D eigenvalue weighted by Crippen LogP contribution is 2.18. The molecule has 2 N–H and O–H groups in total. The maximum absolute atomic E-state index is 12.6. The predicted molar refractivity (Wildman–Crippen MR) is 118 cm³/mol. The minimum absolute atomic E-state index is 0.0872. The average Bonchev–Trinajstić information content (AvgIpc) is 3.08. The molecule has 0 atom stereocenters. The van der Waals surface area contributed by atoms with Gasteiger partial charge in [0.25, 0.3) is 5.91 Å². The van der Waals surface area contributed by atoms with Gasteiger partial charge in [0.1, 0.15) is 11.6 Å². The van der Waals surface area contributed by atoms with E-state index in [-0.39, 0.29) is 5.91 Å². The second-order valence-electron chi connectivity index (χ2n) is 7.21. The van der Waals surface area contributed by atoms with Crippen LogP contribution in [0.1, 0.15) is 27.6 Å². The van der Waals surface area contributed by atoms with E-state index in [1.807, 2.05) is 75.4 Å². The van der Waals surface area contributed by atoms with Crippen molar-refractivity contribution in [2.45, 2.75) is 20.8 Å². The van der Waals surface area contributed by atoms with Gasteiger partial charge in [0.2, 0.25) is 0 Å². The quantitative estimate of drug-likeness (QED) is 0.483. The summed E-state index contributed by atoms with van der Waals surface area (Å²) in [5.41, 5.74) is 2.63. The Labute approximate surface area is 175 Å². The van der Waals surface area contributed by atoms with E-state index in [0.717, 1.165) is 28.0 Å². The molecule has 0 radical (unpaired) electrons. The van der Waals surface area contributed by atoms with Crippen LogP contribution in [-0.4, -0.2) is 38.7 Å². The van der Waals surface area contributed by atoms with Crippen molar-refractivity contribution in [1.82, 2.24) is 25.1 Å². The molecule has 30 heavy (non-hydrogen) atoms. The molecule has 7 nitrogen and oxygen atoms in total. The minimum Gasteiger partial charge on any atom is -0.368 e. The van der Waals surface area contributed by atoms with E-state index < -0.39 is 0 Å². The highest BCUT2D eigenvalue weighted by molar-refractivity contribution is 6.07. The number of anilines is 1. The monoisotopic (exact) mass is 400 g/mol. The van der Waals surface area contributed by atoms with Crippen LogP contribution in [0.2, 0.25) is 0 Å². The van der Waals surface area contributed by atoms with Crippen molar-refractivity contribution >= 4 is 22.5 Å². The third-order valence-corrected chi connectivity index (χ3v) is 4.80. The van der Waals surface area contributed by atoms with Crippen LogP contribution in [0.4, 0.5) is 5.82 Å². The Hall–Kier alpha value is -3.74. The number of hydrogen-bond acceptors (Lipinski definition) is 5. The highest BCUT2D eigenvalue weighted by atomic mass is 16.1. The fourth-order valence-electron chi connectivity index (χ4n) is 3.50. The normalized spacial score (nSPS) is 10.9. The Bertz CT molecular complexity index is 1210. The van der Waals surface area contributed by atoms with E-state index in [2.05, 4.69) is 25.7 Å². The zero-order valence-electron chi connectivity index (χ0n) is 17.3. The summed E-state index contributed by atoms with van der Waals surface area (Å²) in [5.74, 6) is 1.98. The number of amides is 1. The zero-order valence-corrected chi connectivity index (χ0v) is 17.3. The second kappa shape index (κ2) is 8.32. The Balaban J connectivity index is 1.40. The minimum atomic E-state index is -0.0872.